The number of rotatable bonds is 4. The average Bonchev–Trinajstić information content (AvgIpc) is 2.70. The summed E-state index contributed by atoms with van der Waals surface area (Å²) in [7, 11) is 0. The first-order valence-corrected chi connectivity index (χ1v) is 9.24. The first-order chi connectivity index (χ1) is 13.2. The van der Waals surface area contributed by atoms with Gasteiger partial charge in [-0.1, -0.05) is 60.4 Å². The number of hydrogen-bond donors (Lipinski definition) is 0. The fraction of sp³-hybridized carbons (Fsp3) is 0.154. The van der Waals surface area contributed by atoms with E-state index in [1.807, 2.05) is 37.3 Å². The van der Waals surface area contributed by atoms with E-state index in [9.17, 15) is 4.39 Å². The summed E-state index contributed by atoms with van der Waals surface area (Å²) >= 11 is 0. The Balaban J connectivity index is 1.69. The first-order valence-electron chi connectivity index (χ1n) is 9.24. The Bertz CT molecular complexity index is 981. The van der Waals surface area contributed by atoms with Crippen molar-refractivity contribution in [2.75, 3.05) is 0 Å². The SMILES string of the molecule is C/C=C/CCc1ccc(C#Cc2ccc(-c3ccc(C)c(F)c3)cc2)cc1. The van der Waals surface area contributed by atoms with Gasteiger partial charge in [-0.25, -0.2) is 4.39 Å². The molecule has 1 heteroatoms. The summed E-state index contributed by atoms with van der Waals surface area (Å²) in [5, 5.41) is 0. The molecule has 0 N–H and O–H groups in total. The molecular formula is C26H23F. The largest absolute Gasteiger partial charge is 0.207 e. The minimum Gasteiger partial charge on any atom is -0.207 e. The second-order valence-corrected chi connectivity index (χ2v) is 6.60. The molecule has 0 aliphatic rings. The molecule has 27 heavy (non-hydrogen) atoms. The molecule has 3 aromatic carbocycles. The molecule has 0 fully saturated rings. The van der Waals surface area contributed by atoms with Crippen LogP contribution in [0.4, 0.5) is 4.39 Å². The van der Waals surface area contributed by atoms with Crippen LogP contribution in [-0.2, 0) is 6.42 Å². The van der Waals surface area contributed by atoms with Crippen molar-refractivity contribution in [2.45, 2.75) is 26.7 Å². The van der Waals surface area contributed by atoms with Crippen LogP contribution in [0.5, 0.6) is 0 Å². The summed E-state index contributed by atoms with van der Waals surface area (Å²) in [5.74, 6) is 6.23. The van der Waals surface area contributed by atoms with Gasteiger partial charge in [0, 0.05) is 11.1 Å². The van der Waals surface area contributed by atoms with E-state index < -0.39 is 0 Å². The zero-order valence-corrected chi connectivity index (χ0v) is 15.8. The van der Waals surface area contributed by atoms with Crippen LogP contribution in [0.1, 0.15) is 35.6 Å². The van der Waals surface area contributed by atoms with Crippen LogP contribution in [0.3, 0.4) is 0 Å². The molecule has 3 rings (SSSR count). The van der Waals surface area contributed by atoms with Gasteiger partial charge in [0.25, 0.3) is 0 Å². The van der Waals surface area contributed by atoms with Crippen molar-refractivity contribution in [3.8, 4) is 23.0 Å². The zero-order valence-electron chi connectivity index (χ0n) is 15.8. The fourth-order valence-corrected chi connectivity index (χ4v) is 2.83. The maximum Gasteiger partial charge on any atom is 0.126 e. The Labute approximate surface area is 161 Å². The van der Waals surface area contributed by atoms with Gasteiger partial charge in [0.05, 0.1) is 0 Å². The highest BCUT2D eigenvalue weighted by Crippen LogP contribution is 2.22. The highest BCUT2D eigenvalue weighted by atomic mass is 19.1. The van der Waals surface area contributed by atoms with Gasteiger partial charge in [-0.2, -0.15) is 0 Å². The van der Waals surface area contributed by atoms with Gasteiger partial charge in [0.15, 0.2) is 0 Å². The highest BCUT2D eigenvalue weighted by Gasteiger charge is 2.02. The molecule has 0 radical (unpaired) electrons. The quantitative estimate of drug-likeness (QED) is 0.361. The molecule has 0 bridgehead atoms. The lowest BCUT2D eigenvalue weighted by molar-refractivity contribution is 0.619. The molecule has 0 saturated carbocycles. The Morgan fingerprint density at radius 1 is 0.815 bits per heavy atom. The molecular weight excluding hydrogens is 331 g/mol. The van der Waals surface area contributed by atoms with Crippen molar-refractivity contribution in [3.63, 3.8) is 0 Å². The molecule has 0 aromatic heterocycles. The van der Waals surface area contributed by atoms with Gasteiger partial charge < -0.3 is 0 Å². The molecule has 0 spiro atoms. The molecule has 0 atom stereocenters. The zero-order chi connectivity index (χ0) is 19.1. The second-order valence-electron chi connectivity index (χ2n) is 6.60. The van der Waals surface area contributed by atoms with Crippen LogP contribution in [0.25, 0.3) is 11.1 Å². The summed E-state index contributed by atoms with van der Waals surface area (Å²) < 4.78 is 13.7. The summed E-state index contributed by atoms with van der Waals surface area (Å²) in [6.07, 6.45) is 6.39. The lowest BCUT2D eigenvalue weighted by atomic mass is 10.0. The number of aryl methyl sites for hydroxylation is 2. The summed E-state index contributed by atoms with van der Waals surface area (Å²) in [5.41, 5.74) is 5.82. The van der Waals surface area contributed by atoms with Crippen LogP contribution in [0.2, 0.25) is 0 Å². The molecule has 0 aliphatic carbocycles. The number of halogens is 1. The van der Waals surface area contributed by atoms with Gasteiger partial charge >= 0.3 is 0 Å². The maximum atomic E-state index is 13.7. The van der Waals surface area contributed by atoms with E-state index in [1.165, 1.54) is 5.56 Å². The topological polar surface area (TPSA) is 0 Å². The van der Waals surface area contributed by atoms with Crippen molar-refractivity contribution in [3.05, 3.63) is 107 Å². The van der Waals surface area contributed by atoms with Crippen LogP contribution in [-0.4, -0.2) is 0 Å². The highest BCUT2D eigenvalue weighted by molar-refractivity contribution is 5.65. The molecule has 0 heterocycles. The maximum absolute atomic E-state index is 13.7. The van der Waals surface area contributed by atoms with Crippen LogP contribution in [0.15, 0.2) is 78.9 Å². The number of hydrogen-bond acceptors (Lipinski definition) is 0. The Hall–Kier alpha value is -3.11. The van der Waals surface area contributed by atoms with Gasteiger partial charge in [-0.3, -0.25) is 0 Å². The van der Waals surface area contributed by atoms with E-state index in [2.05, 4.69) is 48.3 Å². The lowest BCUT2D eigenvalue weighted by Gasteiger charge is -2.04. The Kier molecular flexibility index (Phi) is 6.23. The summed E-state index contributed by atoms with van der Waals surface area (Å²) in [4.78, 5) is 0. The minimum atomic E-state index is -0.175. The van der Waals surface area contributed by atoms with Gasteiger partial charge in [-0.15, -0.1) is 0 Å². The monoisotopic (exact) mass is 354 g/mol. The summed E-state index contributed by atoms with van der Waals surface area (Å²) in [6.45, 7) is 3.82. The fourth-order valence-electron chi connectivity index (χ4n) is 2.83. The van der Waals surface area contributed by atoms with Crippen LogP contribution < -0.4 is 0 Å². The van der Waals surface area contributed by atoms with Crippen molar-refractivity contribution in [1.82, 2.24) is 0 Å². The molecule has 0 saturated heterocycles. The first kappa shape index (κ1) is 18.7. The molecule has 3 aromatic rings. The lowest BCUT2D eigenvalue weighted by Crippen LogP contribution is -1.85. The predicted molar refractivity (Wildman–Crippen MR) is 112 cm³/mol. The number of benzene rings is 3. The molecule has 0 amide bonds. The van der Waals surface area contributed by atoms with Crippen LogP contribution in [0, 0.1) is 24.6 Å². The normalized spacial score (nSPS) is 10.6. The van der Waals surface area contributed by atoms with Crippen molar-refractivity contribution < 1.29 is 4.39 Å². The molecule has 0 aliphatic heterocycles. The third-order valence-electron chi connectivity index (χ3n) is 4.53. The average molecular weight is 354 g/mol. The molecule has 0 nitrogen and oxygen atoms in total. The van der Waals surface area contributed by atoms with E-state index in [-0.39, 0.29) is 5.82 Å². The Morgan fingerprint density at radius 2 is 1.41 bits per heavy atom. The van der Waals surface area contributed by atoms with Crippen molar-refractivity contribution >= 4 is 0 Å². The van der Waals surface area contributed by atoms with Crippen molar-refractivity contribution in [1.29, 1.82) is 0 Å². The standard InChI is InChI=1S/C26H23F/c1-3-4-5-6-21-8-10-22(11-9-21)12-13-23-14-17-24(18-15-23)25-16-7-20(2)26(27)19-25/h3-4,7-11,14-19H,5-6H2,1-2H3/b4-3+. The number of allylic oxidation sites excluding steroid dienone is 2. The Morgan fingerprint density at radius 3 is 2.00 bits per heavy atom. The molecule has 134 valence electrons. The van der Waals surface area contributed by atoms with E-state index in [4.69, 9.17) is 0 Å². The second kappa shape index (κ2) is 9.01. The van der Waals surface area contributed by atoms with Gasteiger partial charge in [-0.05, 0) is 79.3 Å². The summed E-state index contributed by atoms with van der Waals surface area (Å²) in [6, 6.07) is 21.7. The van der Waals surface area contributed by atoms with Gasteiger partial charge in [0.2, 0.25) is 0 Å². The third-order valence-corrected chi connectivity index (χ3v) is 4.53. The van der Waals surface area contributed by atoms with E-state index >= 15 is 0 Å². The van der Waals surface area contributed by atoms with Crippen LogP contribution >= 0.6 is 0 Å². The predicted octanol–water partition coefficient (Wildman–Crippen LogP) is 6.71. The molecule has 0 unspecified atom stereocenters. The van der Waals surface area contributed by atoms with Crippen molar-refractivity contribution in [2.24, 2.45) is 0 Å². The van der Waals surface area contributed by atoms with E-state index in [0.29, 0.717) is 5.56 Å². The smallest absolute Gasteiger partial charge is 0.126 e. The third kappa shape index (κ3) is 5.19. The van der Waals surface area contributed by atoms with E-state index in [0.717, 1.165) is 35.1 Å². The van der Waals surface area contributed by atoms with Gasteiger partial charge in [0.1, 0.15) is 5.82 Å². The minimum absolute atomic E-state index is 0.175. The van der Waals surface area contributed by atoms with E-state index in [1.54, 1.807) is 19.1 Å².